The van der Waals surface area contributed by atoms with Crippen LogP contribution in [-0.4, -0.2) is 5.11 Å². The summed E-state index contributed by atoms with van der Waals surface area (Å²) >= 11 is 5.57. The predicted molar refractivity (Wildman–Crippen MR) is 41.1 cm³/mol. The monoisotopic (exact) mass is 152 g/mol. The summed E-state index contributed by atoms with van der Waals surface area (Å²) in [5.41, 5.74) is 0.588. The Balaban J connectivity index is 3.22. The minimum atomic E-state index is 0.0976. The molecule has 0 aliphatic carbocycles. The zero-order valence-electron chi connectivity index (χ0n) is 5.13. The Kier molecular flexibility index (Phi) is 1.84. The van der Waals surface area contributed by atoms with Gasteiger partial charge in [-0.25, -0.2) is 0 Å². The molecule has 0 unspecified atom stereocenters. The van der Waals surface area contributed by atoms with E-state index >= 15 is 0 Å². The Morgan fingerprint density at radius 2 is 2.10 bits per heavy atom. The maximum Gasteiger partial charge on any atom is 0.118 e. The number of rotatable bonds is 0. The van der Waals surface area contributed by atoms with Crippen LogP contribution >= 0.6 is 11.6 Å². The molecule has 0 heterocycles. The van der Waals surface area contributed by atoms with E-state index in [0.29, 0.717) is 10.6 Å². The van der Waals surface area contributed by atoms with E-state index in [-0.39, 0.29) is 5.75 Å². The lowest BCUT2D eigenvalue weighted by atomic mass is 10.2. The SMILES string of the molecule is C#Cc1cc(O)cc(Cl)c1. The number of benzene rings is 1. The zero-order chi connectivity index (χ0) is 7.56. The van der Waals surface area contributed by atoms with Crippen molar-refractivity contribution in [3.05, 3.63) is 28.8 Å². The zero-order valence-corrected chi connectivity index (χ0v) is 5.89. The molecule has 0 atom stereocenters. The molecular weight excluding hydrogens is 148 g/mol. The van der Waals surface area contributed by atoms with Gasteiger partial charge in [-0.05, 0) is 18.2 Å². The first-order chi connectivity index (χ1) is 4.72. The van der Waals surface area contributed by atoms with Crippen molar-refractivity contribution in [3.63, 3.8) is 0 Å². The molecule has 0 spiro atoms. The van der Waals surface area contributed by atoms with Gasteiger partial charge >= 0.3 is 0 Å². The van der Waals surface area contributed by atoms with Crippen LogP contribution in [0.4, 0.5) is 0 Å². The molecule has 0 aliphatic heterocycles. The third-order valence-electron chi connectivity index (χ3n) is 1.05. The molecule has 2 heteroatoms. The summed E-state index contributed by atoms with van der Waals surface area (Å²) in [5.74, 6) is 2.46. The topological polar surface area (TPSA) is 20.2 Å². The van der Waals surface area contributed by atoms with E-state index in [2.05, 4.69) is 5.92 Å². The van der Waals surface area contributed by atoms with Crippen molar-refractivity contribution in [2.45, 2.75) is 0 Å². The molecular formula is C8H5ClO. The molecule has 50 valence electrons. The highest BCUT2D eigenvalue weighted by Gasteiger charge is 1.93. The van der Waals surface area contributed by atoms with E-state index in [9.17, 15) is 0 Å². The van der Waals surface area contributed by atoms with Crippen molar-refractivity contribution < 1.29 is 5.11 Å². The number of aromatic hydroxyl groups is 1. The maximum atomic E-state index is 8.94. The summed E-state index contributed by atoms with van der Waals surface area (Å²) in [6.07, 6.45) is 5.07. The van der Waals surface area contributed by atoms with E-state index in [1.54, 1.807) is 6.07 Å². The molecule has 0 radical (unpaired) electrons. The lowest BCUT2D eigenvalue weighted by Crippen LogP contribution is -1.72. The van der Waals surface area contributed by atoms with Crippen molar-refractivity contribution in [2.75, 3.05) is 0 Å². The Hall–Kier alpha value is -1.13. The van der Waals surface area contributed by atoms with Gasteiger partial charge in [0.25, 0.3) is 0 Å². The van der Waals surface area contributed by atoms with Crippen molar-refractivity contribution in [3.8, 4) is 18.1 Å². The van der Waals surface area contributed by atoms with Crippen LogP contribution in [-0.2, 0) is 0 Å². The van der Waals surface area contributed by atoms with Gasteiger partial charge in [0.2, 0.25) is 0 Å². The molecule has 1 nitrogen and oxygen atoms in total. The quantitative estimate of drug-likeness (QED) is 0.564. The first-order valence-corrected chi connectivity index (χ1v) is 3.06. The van der Waals surface area contributed by atoms with Gasteiger partial charge in [-0.15, -0.1) is 6.42 Å². The van der Waals surface area contributed by atoms with Crippen LogP contribution in [0.2, 0.25) is 5.02 Å². The van der Waals surface area contributed by atoms with Crippen LogP contribution in [0.3, 0.4) is 0 Å². The van der Waals surface area contributed by atoms with Crippen LogP contribution in [0.1, 0.15) is 5.56 Å². The molecule has 0 saturated heterocycles. The van der Waals surface area contributed by atoms with Gasteiger partial charge in [-0.2, -0.15) is 0 Å². The highest BCUT2D eigenvalue weighted by Crippen LogP contribution is 2.18. The van der Waals surface area contributed by atoms with E-state index in [4.69, 9.17) is 23.1 Å². The standard InChI is InChI=1S/C8H5ClO/c1-2-6-3-7(9)5-8(10)4-6/h1,3-5,10H. The van der Waals surface area contributed by atoms with Gasteiger partial charge < -0.3 is 5.11 Å². The maximum absolute atomic E-state index is 8.94. The minimum absolute atomic E-state index is 0.0976. The average Bonchev–Trinajstić information content (AvgIpc) is 1.85. The Morgan fingerprint density at radius 1 is 1.40 bits per heavy atom. The first kappa shape index (κ1) is 6.98. The Labute approximate surface area is 64.3 Å². The molecule has 10 heavy (non-hydrogen) atoms. The van der Waals surface area contributed by atoms with Gasteiger partial charge in [0, 0.05) is 10.6 Å². The van der Waals surface area contributed by atoms with Crippen molar-refractivity contribution in [2.24, 2.45) is 0 Å². The average molecular weight is 153 g/mol. The van der Waals surface area contributed by atoms with Crippen LogP contribution in [0.25, 0.3) is 0 Å². The van der Waals surface area contributed by atoms with Crippen LogP contribution in [0, 0.1) is 12.3 Å². The second-order valence-electron chi connectivity index (χ2n) is 1.84. The Morgan fingerprint density at radius 3 is 2.60 bits per heavy atom. The summed E-state index contributed by atoms with van der Waals surface area (Å²) in [4.78, 5) is 0. The van der Waals surface area contributed by atoms with E-state index < -0.39 is 0 Å². The Bertz CT molecular complexity index is 266. The van der Waals surface area contributed by atoms with Gasteiger partial charge in [0.15, 0.2) is 0 Å². The van der Waals surface area contributed by atoms with E-state index in [0.717, 1.165) is 0 Å². The van der Waals surface area contributed by atoms with Crippen molar-refractivity contribution in [1.29, 1.82) is 0 Å². The first-order valence-electron chi connectivity index (χ1n) is 2.68. The highest BCUT2D eigenvalue weighted by atomic mass is 35.5. The molecule has 0 bridgehead atoms. The summed E-state index contributed by atoms with van der Waals surface area (Å²) < 4.78 is 0. The fraction of sp³-hybridized carbons (Fsp3) is 0. The summed E-state index contributed by atoms with van der Waals surface area (Å²) in [7, 11) is 0. The van der Waals surface area contributed by atoms with Gasteiger partial charge in [0.05, 0.1) is 0 Å². The number of hydrogen-bond donors (Lipinski definition) is 1. The lowest BCUT2D eigenvalue weighted by Gasteiger charge is -1.93. The van der Waals surface area contributed by atoms with Crippen LogP contribution < -0.4 is 0 Å². The molecule has 0 saturated carbocycles. The smallest absolute Gasteiger partial charge is 0.118 e. The second-order valence-corrected chi connectivity index (χ2v) is 2.28. The van der Waals surface area contributed by atoms with E-state index in [1.165, 1.54) is 12.1 Å². The normalized spacial score (nSPS) is 8.80. The number of terminal acetylenes is 1. The van der Waals surface area contributed by atoms with Crippen LogP contribution in [0.5, 0.6) is 5.75 Å². The molecule has 1 rings (SSSR count). The lowest BCUT2D eigenvalue weighted by molar-refractivity contribution is 0.475. The number of halogens is 1. The number of phenols is 1. The van der Waals surface area contributed by atoms with Gasteiger partial charge in [-0.3, -0.25) is 0 Å². The fourth-order valence-electron chi connectivity index (χ4n) is 0.657. The highest BCUT2D eigenvalue weighted by molar-refractivity contribution is 6.30. The molecule has 0 fully saturated rings. The molecule has 0 aliphatic rings. The summed E-state index contributed by atoms with van der Waals surface area (Å²) in [5, 5.41) is 9.40. The summed E-state index contributed by atoms with van der Waals surface area (Å²) in [6.45, 7) is 0. The largest absolute Gasteiger partial charge is 0.508 e. The molecule has 1 aromatic rings. The minimum Gasteiger partial charge on any atom is -0.508 e. The van der Waals surface area contributed by atoms with Crippen LogP contribution in [0.15, 0.2) is 18.2 Å². The summed E-state index contributed by atoms with van der Waals surface area (Å²) in [6, 6.07) is 4.52. The van der Waals surface area contributed by atoms with Gasteiger partial charge in [-0.1, -0.05) is 17.5 Å². The second kappa shape index (κ2) is 2.64. The fourth-order valence-corrected chi connectivity index (χ4v) is 0.887. The molecule has 0 amide bonds. The molecule has 1 N–H and O–H groups in total. The van der Waals surface area contributed by atoms with Gasteiger partial charge in [0.1, 0.15) is 5.75 Å². The number of hydrogen-bond acceptors (Lipinski definition) is 1. The predicted octanol–water partition coefficient (Wildman–Crippen LogP) is 2.03. The molecule has 1 aromatic carbocycles. The van der Waals surface area contributed by atoms with Crippen molar-refractivity contribution >= 4 is 11.6 Å². The third kappa shape index (κ3) is 1.43. The molecule has 0 aromatic heterocycles. The van der Waals surface area contributed by atoms with Crippen molar-refractivity contribution in [1.82, 2.24) is 0 Å². The number of phenolic OH excluding ortho intramolecular Hbond substituents is 1. The third-order valence-corrected chi connectivity index (χ3v) is 1.27. The van der Waals surface area contributed by atoms with E-state index in [1.807, 2.05) is 0 Å².